The molecule has 186 valence electrons. The average Bonchev–Trinajstić information content (AvgIpc) is 3.32. The molecule has 3 atom stereocenters. The molecule has 5 N–H and O–H groups in total. The van der Waals surface area contributed by atoms with Gasteiger partial charge in [-0.15, -0.1) is 0 Å². The molecule has 11 nitrogen and oxygen atoms in total. The van der Waals surface area contributed by atoms with E-state index in [0.29, 0.717) is 50.7 Å². The van der Waals surface area contributed by atoms with E-state index in [1.165, 1.54) is 0 Å². The zero-order valence-corrected chi connectivity index (χ0v) is 20.0. The van der Waals surface area contributed by atoms with Gasteiger partial charge in [-0.2, -0.15) is 15.0 Å². The smallest absolute Gasteiger partial charge is 0.243 e. The molecule has 1 aromatic carbocycles. The Morgan fingerprint density at radius 1 is 1.03 bits per heavy atom. The molecule has 3 heterocycles. The molecule has 1 saturated heterocycles. The molecule has 3 amide bonds. The van der Waals surface area contributed by atoms with Crippen molar-refractivity contribution in [1.82, 2.24) is 25.6 Å². The second-order valence-electron chi connectivity index (χ2n) is 8.72. The quantitative estimate of drug-likeness (QED) is 0.482. The summed E-state index contributed by atoms with van der Waals surface area (Å²) in [6, 6.07) is 7.07. The average molecular weight is 501 g/mol. The fraction of sp³-hybridized carbons (Fsp3) is 0.478. The summed E-state index contributed by atoms with van der Waals surface area (Å²) >= 11 is 6.14. The van der Waals surface area contributed by atoms with Gasteiger partial charge in [-0.05, 0) is 49.3 Å². The summed E-state index contributed by atoms with van der Waals surface area (Å²) in [5.74, 6) is -0.762. The fourth-order valence-corrected chi connectivity index (χ4v) is 4.54. The summed E-state index contributed by atoms with van der Waals surface area (Å²) in [5.41, 5.74) is 6.44. The normalized spacial score (nSPS) is 23.6. The number of carbonyl (C=O) groups is 3. The first-order valence-electron chi connectivity index (χ1n) is 11.8. The van der Waals surface area contributed by atoms with Crippen LogP contribution in [0.3, 0.4) is 0 Å². The van der Waals surface area contributed by atoms with E-state index in [1.54, 1.807) is 4.90 Å². The number of hydrogen-bond acceptors (Lipinski definition) is 8. The maximum absolute atomic E-state index is 13.4. The number of anilines is 2. The molecule has 2 aliphatic heterocycles. The number of fused-ring (bicyclic) bond motifs is 4. The molecule has 2 bridgehead atoms. The fourth-order valence-electron chi connectivity index (χ4n) is 4.38. The van der Waals surface area contributed by atoms with Crippen LogP contribution in [-0.2, 0) is 20.8 Å². The summed E-state index contributed by atoms with van der Waals surface area (Å²) in [7, 11) is 0. The van der Waals surface area contributed by atoms with Crippen LogP contribution in [0.5, 0.6) is 0 Å². The van der Waals surface area contributed by atoms with Crippen LogP contribution in [0.2, 0.25) is 5.28 Å². The standard InChI is InChI=1S/C23H29ClN8O3/c24-21-29-22-26-11-5-4-9-15(18(25)33)27-19(34)16(13-14-7-2-1-3-8-14)28-20(35)17-10-6-12-32(17)23(30-21)31-22/h1-3,7-8,15-17H,4-6,9-13H2,(H2,25,33)(H,27,34)(H,28,35)(H,26,29,30,31)/t15-,16+,17+/m1/s1. The van der Waals surface area contributed by atoms with Crippen molar-refractivity contribution in [3.8, 4) is 0 Å². The minimum atomic E-state index is -0.888. The van der Waals surface area contributed by atoms with Crippen LogP contribution in [0, 0.1) is 0 Å². The zero-order chi connectivity index (χ0) is 24.8. The van der Waals surface area contributed by atoms with E-state index in [9.17, 15) is 14.4 Å². The Kier molecular flexibility index (Phi) is 7.96. The van der Waals surface area contributed by atoms with Gasteiger partial charge in [0.25, 0.3) is 0 Å². The van der Waals surface area contributed by atoms with Gasteiger partial charge in [-0.1, -0.05) is 30.3 Å². The van der Waals surface area contributed by atoms with E-state index in [0.717, 1.165) is 12.0 Å². The molecule has 4 rings (SSSR count). The summed E-state index contributed by atoms with van der Waals surface area (Å²) in [5, 5.41) is 8.77. The van der Waals surface area contributed by atoms with Crippen molar-refractivity contribution < 1.29 is 14.4 Å². The van der Waals surface area contributed by atoms with Crippen LogP contribution < -0.4 is 26.6 Å². The lowest BCUT2D eigenvalue weighted by Gasteiger charge is -2.27. The monoisotopic (exact) mass is 500 g/mol. The number of aromatic nitrogens is 3. The molecule has 35 heavy (non-hydrogen) atoms. The van der Waals surface area contributed by atoms with Gasteiger partial charge in [-0.3, -0.25) is 14.4 Å². The maximum atomic E-state index is 13.4. The van der Waals surface area contributed by atoms with Crippen molar-refractivity contribution in [1.29, 1.82) is 0 Å². The van der Waals surface area contributed by atoms with E-state index in [2.05, 4.69) is 30.9 Å². The lowest BCUT2D eigenvalue weighted by Crippen LogP contribution is -2.56. The van der Waals surface area contributed by atoms with Crippen molar-refractivity contribution >= 4 is 41.2 Å². The first-order valence-corrected chi connectivity index (χ1v) is 12.1. The van der Waals surface area contributed by atoms with Gasteiger partial charge in [0, 0.05) is 19.5 Å². The van der Waals surface area contributed by atoms with Gasteiger partial charge >= 0.3 is 0 Å². The second kappa shape index (κ2) is 11.3. The highest BCUT2D eigenvalue weighted by atomic mass is 35.5. The molecule has 2 aromatic rings. The van der Waals surface area contributed by atoms with Crippen LogP contribution >= 0.6 is 11.6 Å². The third kappa shape index (κ3) is 6.36. The Labute approximate surface area is 208 Å². The van der Waals surface area contributed by atoms with Crippen LogP contribution in [-0.4, -0.2) is 63.9 Å². The van der Waals surface area contributed by atoms with Gasteiger partial charge in [0.05, 0.1) is 0 Å². The van der Waals surface area contributed by atoms with Crippen LogP contribution in [0.15, 0.2) is 30.3 Å². The highest BCUT2D eigenvalue weighted by molar-refractivity contribution is 6.28. The molecule has 0 spiro atoms. The number of nitrogens with zero attached hydrogens (tertiary/aromatic N) is 4. The number of carbonyl (C=O) groups excluding carboxylic acids is 3. The first kappa shape index (κ1) is 24.6. The number of amides is 3. The zero-order valence-electron chi connectivity index (χ0n) is 19.2. The second-order valence-corrected chi connectivity index (χ2v) is 9.05. The minimum absolute atomic E-state index is 0.0276. The Morgan fingerprint density at radius 3 is 2.60 bits per heavy atom. The van der Waals surface area contributed by atoms with E-state index < -0.39 is 29.9 Å². The molecule has 0 radical (unpaired) electrons. The van der Waals surface area contributed by atoms with Gasteiger partial charge in [0.2, 0.25) is 34.9 Å². The number of rotatable bonds is 3. The lowest BCUT2D eigenvalue weighted by atomic mass is 10.0. The Hall–Kier alpha value is -3.47. The highest BCUT2D eigenvalue weighted by Crippen LogP contribution is 2.25. The number of nitrogens with one attached hydrogen (secondary N) is 3. The van der Waals surface area contributed by atoms with Crippen LogP contribution in [0.4, 0.5) is 11.9 Å². The van der Waals surface area contributed by atoms with E-state index >= 15 is 0 Å². The number of hydrogen-bond donors (Lipinski definition) is 4. The summed E-state index contributed by atoms with van der Waals surface area (Å²) in [6.45, 7) is 1.09. The highest BCUT2D eigenvalue weighted by Gasteiger charge is 2.35. The van der Waals surface area contributed by atoms with Crippen LogP contribution in [0.25, 0.3) is 0 Å². The molecule has 2 aliphatic rings. The Bertz CT molecular complexity index is 1070. The molecule has 0 aliphatic carbocycles. The molecule has 12 heteroatoms. The van der Waals surface area contributed by atoms with Crippen molar-refractivity contribution in [2.24, 2.45) is 5.73 Å². The topological polar surface area (TPSA) is 155 Å². The Morgan fingerprint density at radius 2 is 1.83 bits per heavy atom. The first-order chi connectivity index (χ1) is 16.9. The molecule has 1 aromatic heterocycles. The molecule has 0 saturated carbocycles. The summed E-state index contributed by atoms with van der Waals surface area (Å²) in [4.78, 5) is 53.3. The van der Waals surface area contributed by atoms with Gasteiger partial charge in [0.15, 0.2) is 0 Å². The molecule has 0 unspecified atom stereocenters. The Balaban J connectivity index is 1.64. The lowest BCUT2D eigenvalue weighted by molar-refractivity contribution is -0.131. The third-order valence-corrected chi connectivity index (χ3v) is 6.36. The summed E-state index contributed by atoms with van der Waals surface area (Å²) < 4.78 is 0. The third-order valence-electron chi connectivity index (χ3n) is 6.19. The van der Waals surface area contributed by atoms with Crippen molar-refractivity contribution in [2.45, 2.75) is 56.7 Å². The van der Waals surface area contributed by atoms with Crippen molar-refractivity contribution in [3.63, 3.8) is 0 Å². The van der Waals surface area contributed by atoms with E-state index in [4.69, 9.17) is 17.3 Å². The summed E-state index contributed by atoms with van der Waals surface area (Å²) in [6.07, 6.45) is 3.27. The maximum Gasteiger partial charge on any atom is 0.243 e. The van der Waals surface area contributed by atoms with Gasteiger partial charge < -0.3 is 26.6 Å². The van der Waals surface area contributed by atoms with Crippen molar-refractivity contribution in [2.75, 3.05) is 23.3 Å². The molecular formula is C23H29ClN8O3. The number of primary amides is 1. The number of nitrogens with two attached hydrogens (primary N) is 1. The number of benzene rings is 1. The predicted molar refractivity (Wildman–Crippen MR) is 131 cm³/mol. The van der Waals surface area contributed by atoms with Gasteiger partial charge in [-0.25, -0.2) is 0 Å². The predicted octanol–water partition coefficient (Wildman–Crippen LogP) is 0.787. The van der Waals surface area contributed by atoms with Crippen molar-refractivity contribution in [3.05, 3.63) is 41.2 Å². The SMILES string of the molecule is NC(=O)[C@H]1CCCCNc2nc(Cl)nc(n2)N2CCC[C@H]2C(=O)N[C@@H](Cc2ccccc2)C(=O)N1. The molecular weight excluding hydrogens is 472 g/mol. The van der Waals surface area contributed by atoms with E-state index in [-0.39, 0.29) is 17.6 Å². The van der Waals surface area contributed by atoms with Gasteiger partial charge in [0.1, 0.15) is 18.1 Å². The largest absolute Gasteiger partial charge is 0.368 e. The van der Waals surface area contributed by atoms with E-state index in [1.807, 2.05) is 30.3 Å². The van der Waals surface area contributed by atoms with Crippen LogP contribution in [0.1, 0.15) is 37.7 Å². The molecule has 1 fully saturated rings. The number of halogens is 1. The minimum Gasteiger partial charge on any atom is -0.368 e.